The van der Waals surface area contributed by atoms with Crippen LogP contribution in [0.3, 0.4) is 0 Å². The van der Waals surface area contributed by atoms with Crippen LogP contribution >= 0.6 is 112 Å². The zero-order chi connectivity index (χ0) is 27.2. The van der Waals surface area contributed by atoms with E-state index in [1.165, 1.54) is 12.8 Å². The van der Waals surface area contributed by atoms with Crippen molar-refractivity contribution in [1.29, 1.82) is 0 Å². The summed E-state index contributed by atoms with van der Waals surface area (Å²) in [6.45, 7) is 32.5. The number of alkyl halides is 6. The third-order valence-electron chi connectivity index (χ3n) is 1.56. The molecule has 0 fully saturated rings. The quantitative estimate of drug-likeness (QED) is 0.196. The van der Waals surface area contributed by atoms with Gasteiger partial charge in [-0.2, -0.15) is 0 Å². The second kappa shape index (κ2) is 27.6. The lowest BCUT2D eigenvalue weighted by Gasteiger charge is -2.02. The van der Waals surface area contributed by atoms with Gasteiger partial charge in [0, 0.05) is 26.4 Å². The fourth-order valence-electron chi connectivity index (χ4n) is 0. The highest BCUT2D eigenvalue weighted by Gasteiger charge is 1.99. The normalized spacial score (nSPS) is 13.3. The summed E-state index contributed by atoms with van der Waals surface area (Å²) >= 11 is 27.7. The van der Waals surface area contributed by atoms with Gasteiger partial charge < -0.3 is 0 Å². The summed E-state index contributed by atoms with van der Waals surface area (Å²) in [5, 5.41) is 0.392. The highest BCUT2D eigenvalue weighted by Crippen LogP contribution is 2.13. The Balaban J connectivity index is -0.0000000606. The lowest BCUT2D eigenvalue weighted by molar-refractivity contribution is 0.788. The van der Waals surface area contributed by atoms with E-state index in [1.807, 2.05) is 20.8 Å². The Hall–Kier alpha value is 3.03. The van der Waals surface area contributed by atoms with Gasteiger partial charge in [0.25, 0.3) is 0 Å². The molecule has 0 N–H and O–H groups in total. The Morgan fingerprint density at radius 1 is 0.903 bits per heavy atom. The minimum absolute atomic E-state index is 0.0278. The van der Waals surface area contributed by atoms with Crippen LogP contribution in [-0.4, -0.2) is 26.7 Å². The average molecular weight is 860 g/mol. The average Bonchev–Trinajstić information content (AvgIpc) is 2.42. The molecule has 0 radical (unpaired) electrons. The van der Waals surface area contributed by atoms with Gasteiger partial charge in [0.05, 0.1) is 5.38 Å². The Bertz CT molecular complexity index is 301. The van der Waals surface area contributed by atoms with Crippen molar-refractivity contribution in [3.63, 3.8) is 0 Å². The van der Waals surface area contributed by atoms with Gasteiger partial charge in [-0.1, -0.05) is 164 Å². The fourth-order valence-corrected chi connectivity index (χ4v) is 0. The van der Waals surface area contributed by atoms with Crippen molar-refractivity contribution in [3.8, 4) is 0 Å². The van der Waals surface area contributed by atoms with Crippen molar-refractivity contribution < 1.29 is 0 Å². The minimum Gasteiger partial charge on any atom is -0.120 e. The van der Waals surface area contributed by atoms with Crippen LogP contribution in [0.2, 0.25) is 0 Å². The van der Waals surface area contributed by atoms with Crippen LogP contribution < -0.4 is 0 Å². The Morgan fingerprint density at radius 2 is 1.00 bits per heavy atom. The first kappa shape index (κ1) is 47.3. The van der Waals surface area contributed by atoms with Crippen LogP contribution in [0.4, 0.5) is 0 Å². The fraction of sp³-hybridized carbons (Fsp3) is 0.917. The zero-order valence-corrected chi connectivity index (χ0v) is 32.3. The molecular formula is C24H51Br2Cl3I2. The number of rotatable bonds is 3. The van der Waals surface area contributed by atoms with Crippen LogP contribution in [0.15, 0.2) is 11.6 Å². The molecule has 7 heteroatoms. The first-order valence-corrected chi connectivity index (χ1v) is 15.7. The molecule has 196 valence electrons. The highest BCUT2D eigenvalue weighted by atomic mass is 127. The minimum atomic E-state index is -0.105. The predicted molar refractivity (Wildman–Crippen MR) is 181 cm³/mol. The van der Waals surface area contributed by atoms with E-state index in [4.69, 9.17) is 34.8 Å². The maximum atomic E-state index is 5.53. The molecule has 0 nitrogen and oxygen atoms in total. The van der Waals surface area contributed by atoms with Crippen molar-refractivity contribution in [2.45, 2.75) is 137 Å². The summed E-state index contributed by atoms with van der Waals surface area (Å²) in [7, 11) is 0. The molecule has 0 rings (SSSR count). The predicted octanol–water partition coefficient (Wildman–Crippen LogP) is 13.2. The molecule has 0 aliphatic rings. The Kier molecular flexibility index (Phi) is 42.1. The molecule has 0 aliphatic carbocycles. The van der Waals surface area contributed by atoms with E-state index in [1.54, 1.807) is 6.92 Å². The van der Waals surface area contributed by atoms with Crippen molar-refractivity contribution >= 4 is 112 Å². The summed E-state index contributed by atoms with van der Waals surface area (Å²) < 4.78 is 1.64. The SMILES string of the molecule is C=C(Cl)C(C)Cl.CC(C)(C)Br.CC(C)(C)Cl.CC(C)(C)I.CCC(C)Br.CCC(C)I. The second-order valence-electron chi connectivity index (χ2n) is 9.64. The zero-order valence-electron chi connectivity index (χ0n) is 22.5. The molecule has 0 aliphatic heterocycles. The van der Waals surface area contributed by atoms with Crippen molar-refractivity contribution in [1.82, 2.24) is 0 Å². The van der Waals surface area contributed by atoms with E-state index in [9.17, 15) is 0 Å². The van der Waals surface area contributed by atoms with Gasteiger partial charge in [-0.05, 0) is 40.5 Å². The Morgan fingerprint density at radius 3 is 1.00 bits per heavy atom. The summed E-state index contributed by atoms with van der Waals surface area (Å²) in [6, 6.07) is 0. The topological polar surface area (TPSA) is 0 Å². The van der Waals surface area contributed by atoms with Gasteiger partial charge in [0.15, 0.2) is 0 Å². The van der Waals surface area contributed by atoms with Crippen LogP contribution in [0, 0.1) is 0 Å². The van der Waals surface area contributed by atoms with Crippen molar-refractivity contribution in [3.05, 3.63) is 11.6 Å². The Labute approximate surface area is 257 Å². The molecule has 31 heavy (non-hydrogen) atoms. The first-order valence-electron chi connectivity index (χ1n) is 10.5. The van der Waals surface area contributed by atoms with Gasteiger partial charge in [-0.3, -0.25) is 0 Å². The summed E-state index contributed by atoms with van der Waals surface area (Å²) in [6.07, 6.45) is 2.51. The van der Waals surface area contributed by atoms with Crippen LogP contribution in [0.25, 0.3) is 0 Å². The second-order valence-corrected chi connectivity index (χ2v) is 21.2. The summed E-state index contributed by atoms with van der Waals surface area (Å²) in [5.74, 6) is 0. The van der Waals surface area contributed by atoms with Gasteiger partial charge in [-0.15, -0.1) is 23.2 Å². The summed E-state index contributed by atoms with van der Waals surface area (Å²) in [5.41, 5.74) is 0. The van der Waals surface area contributed by atoms with E-state index in [0.717, 1.165) is 3.92 Å². The molecule has 0 heterocycles. The number of hydrogen-bond donors (Lipinski definition) is 0. The molecule has 0 aromatic heterocycles. The van der Waals surface area contributed by atoms with E-state index in [2.05, 4.69) is 153 Å². The number of hydrogen-bond acceptors (Lipinski definition) is 0. The summed E-state index contributed by atoms with van der Waals surface area (Å²) in [4.78, 5) is 0.669. The smallest absolute Gasteiger partial charge is 0.0658 e. The van der Waals surface area contributed by atoms with Gasteiger partial charge >= 0.3 is 0 Å². The van der Waals surface area contributed by atoms with Crippen LogP contribution in [0.5, 0.6) is 0 Å². The maximum Gasteiger partial charge on any atom is 0.0658 e. The molecular weight excluding hydrogens is 808 g/mol. The number of halogens is 7. The van der Waals surface area contributed by atoms with Crippen LogP contribution in [0.1, 0.15) is 110 Å². The van der Waals surface area contributed by atoms with Crippen LogP contribution in [-0.2, 0) is 0 Å². The third kappa shape index (κ3) is 261. The van der Waals surface area contributed by atoms with E-state index < -0.39 is 0 Å². The van der Waals surface area contributed by atoms with Gasteiger partial charge in [0.1, 0.15) is 0 Å². The molecule has 0 bridgehead atoms. The largest absolute Gasteiger partial charge is 0.120 e. The first-order chi connectivity index (χ1) is 13.2. The molecule has 0 spiro atoms. The highest BCUT2D eigenvalue weighted by molar-refractivity contribution is 14.1. The standard InChI is InChI=1S/2C4H9Br.C4H6Cl2.C4H9Cl.2C4H9I/c1-4(2,3)5;1-3-4(2)5;1-3(5)4(2)6;2*1-4(2,3)5;1-3-4(2)5/h1-3H3;4H,3H2,1-2H3;4H,1H2,2H3;2*1-3H3;4H,3H2,1-2H3. The molecule has 3 atom stereocenters. The van der Waals surface area contributed by atoms with Crippen molar-refractivity contribution in [2.24, 2.45) is 0 Å². The molecule has 0 amide bonds. The van der Waals surface area contributed by atoms with E-state index >= 15 is 0 Å². The van der Waals surface area contributed by atoms with Crippen molar-refractivity contribution in [2.75, 3.05) is 0 Å². The lowest BCUT2D eigenvalue weighted by atomic mass is 10.3. The monoisotopic (exact) mass is 856 g/mol. The van der Waals surface area contributed by atoms with E-state index in [0.29, 0.717) is 17.6 Å². The maximum absolute atomic E-state index is 5.53. The molecule has 3 unspecified atom stereocenters. The third-order valence-corrected chi connectivity index (χ3v) is 3.79. The van der Waals surface area contributed by atoms with Gasteiger partial charge in [-0.25, -0.2) is 0 Å². The molecule has 0 aromatic rings. The van der Waals surface area contributed by atoms with Gasteiger partial charge in [0.2, 0.25) is 0 Å². The van der Waals surface area contributed by atoms with E-state index in [-0.39, 0.29) is 10.3 Å². The lowest BCUT2D eigenvalue weighted by Crippen LogP contribution is -1.99. The molecule has 0 aromatic carbocycles. The number of allylic oxidation sites excluding steroid dienone is 1. The molecule has 0 saturated heterocycles. The molecule has 0 saturated carbocycles.